The lowest BCUT2D eigenvalue weighted by Crippen LogP contribution is -2.38. The lowest BCUT2D eigenvalue weighted by atomic mass is 10.1. The van der Waals surface area contributed by atoms with Gasteiger partial charge in [-0.2, -0.15) is 0 Å². The summed E-state index contributed by atoms with van der Waals surface area (Å²) in [6, 6.07) is 8.60. The fraction of sp³-hybridized carbons (Fsp3) is 0.273. The van der Waals surface area contributed by atoms with Gasteiger partial charge in [0.2, 0.25) is 5.75 Å². The minimum Gasteiger partial charge on any atom is -0.493 e. The van der Waals surface area contributed by atoms with Crippen LogP contribution in [0.1, 0.15) is 15.9 Å². The molecule has 1 heterocycles. The van der Waals surface area contributed by atoms with Gasteiger partial charge in [-0.3, -0.25) is 4.79 Å². The summed E-state index contributed by atoms with van der Waals surface area (Å²) in [5, 5.41) is 3.23. The number of hydrogen-bond donors (Lipinski definition) is 1. The van der Waals surface area contributed by atoms with Crippen LogP contribution in [0.15, 0.2) is 36.4 Å². The number of methoxy groups -OCH3 is 4. The Morgan fingerprint density at radius 3 is 2.30 bits per heavy atom. The second-order valence-corrected chi connectivity index (χ2v) is 6.43. The molecule has 1 aliphatic heterocycles. The van der Waals surface area contributed by atoms with E-state index in [1.54, 1.807) is 41.3 Å². The minimum atomic E-state index is -0.455. The number of nitrogens with one attached hydrogen (secondary N) is 1. The van der Waals surface area contributed by atoms with Crippen LogP contribution in [-0.2, 0) is 9.53 Å². The Morgan fingerprint density at radius 1 is 1.00 bits per heavy atom. The van der Waals surface area contributed by atoms with Gasteiger partial charge in [-0.1, -0.05) is 0 Å². The quantitative estimate of drug-likeness (QED) is 0.577. The highest BCUT2D eigenvalue weighted by Crippen LogP contribution is 2.38. The lowest BCUT2D eigenvalue weighted by molar-refractivity contribution is -0.114. The molecule has 2 aromatic carbocycles. The summed E-state index contributed by atoms with van der Waals surface area (Å²) in [5.74, 6) is 0.811. The van der Waals surface area contributed by atoms with Gasteiger partial charge in [0.25, 0.3) is 5.91 Å². The van der Waals surface area contributed by atoms with E-state index in [-0.39, 0.29) is 5.91 Å². The Hall–Kier alpha value is -3.68. The summed E-state index contributed by atoms with van der Waals surface area (Å²) in [6.45, 7) is 1.07. The zero-order valence-electron chi connectivity index (χ0n) is 17.4. The second-order valence-electron chi connectivity index (χ2n) is 6.43. The van der Waals surface area contributed by atoms with Gasteiger partial charge in [-0.15, -0.1) is 0 Å². The lowest BCUT2D eigenvalue weighted by Gasteiger charge is -2.30. The molecular formula is C22H24N2O6. The Bertz CT molecular complexity index is 961. The van der Waals surface area contributed by atoms with Crippen LogP contribution in [0.4, 0.5) is 11.4 Å². The molecular weight excluding hydrogens is 388 g/mol. The number of fused-ring (bicyclic) bond motifs is 1. The van der Waals surface area contributed by atoms with Crippen molar-refractivity contribution in [2.45, 2.75) is 0 Å². The molecule has 0 saturated heterocycles. The maximum absolute atomic E-state index is 12.9. The van der Waals surface area contributed by atoms with E-state index in [1.807, 2.05) is 0 Å². The van der Waals surface area contributed by atoms with Gasteiger partial charge in [-0.25, -0.2) is 4.79 Å². The second kappa shape index (κ2) is 9.21. The first-order valence-electron chi connectivity index (χ1n) is 9.28. The number of carbonyl (C=O) groups excluding carboxylic acids is 2. The van der Waals surface area contributed by atoms with Crippen molar-refractivity contribution >= 4 is 29.3 Å². The van der Waals surface area contributed by atoms with Crippen LogP contribution in [0, 0.1) is 0 Å². The molecule has 1 amide bonds. The molecule has 8 nitrogen and oxygen atoms in total. The maximum atomic E-state index is 12.9. The molecule has 8 heteroatoms. The molecule has 0 spiro atoms. The molecule has 2 aromatic rings. The minimum absolute atomic E-state index is 0.214. The van der Waals surface area contributed by atoms with Crippen molar-refractivity contribution in [1.82, 2.24) is 0 Å². The van der Waals surface area contributed by atoms with Gasteiger partial charge in [0, 0.05) is 19.2 Å². The summed E-state index contributed by atoms with van der Waals surface area (Å²) < 4.78 is 20.8. The molecule has 0 aliphatic carbocycles. The molecule has 30 heavy (non-hydrogen) atoms. The van der Waals surface area contributed by atoms with Crippen molar-refractivity contribution in [3.05, 3.63) is 47.5 Å². The fourth-order valence-electron chi connectivity index (χ4n) is 3.26. The number of carbonyl (C=O) groups is 2. The molecule has 0 aromatic heterocycles. The van der Waals surface area contributed by atoms with Gasteiger partial charge >= 0.3 is 5.97 Å². The highest BCUT2D eigenvalue weighted by Gasteiger charge is 2.22. The normalized spacial score (nSPS) is 12.7. The van der Waals surface area contributed by atoms with Crippen molar-refractivity contribution in [2.24, 2.45) is 0 Å². The van der Waals surface area contributed by atoms with Crippen LogP contribution in [0.5, 0.6) is 17.2 Å². The van der Waals surface area contributed by atoms with Gasteiger partial charge < -0.3 is 29.2 Å². The summed E-state index contributed by atoms with van der Waals surface area (Å²) in [6.07, 6.45) is 3.15. The first-order valence-corrected chi connectivity index (χ1v) is 9.28. The summed E-state index contributed by atoms with van der Waals surface area (Å²) in [5.41, 5.74) is 2.51. The topological polar surface area (TPSA) is 86.3 Å². The van der Waals surface area contributed by atoms with E-state index in [1.165, 1.54) is 34.5 Å². The van der Waals surface area contributed by atoms with Crippen LogP contribution >= 0.6 is 0 Å². The van der Waals surface area contributed by atoms with E-state index in [0.29, 0.717) is 41.6 Å². The standard InChI is InChI=1S/C22H24N2O6/c1-27-18-11-14(12-19(28-2)21(18)29-3)5-8-20(25)24-10-9-23-16-7-6-15(13-17(16)24)22(26)30-4/h5-8,11-13,23H,9-10H2,1-4H3. The number of nitrogens with zero attached hydrogens (tertiary/aromatic N) is 1. The van der Waals surface area contributed by atoms with Gasteiger partial charge in [0.1, 0.15) is 0 Å². The Labute approximate surface area is 175 Å². The highest BCUT2D eigenvalue weighted by molar-refractivity contribution is 6.07. The molecule has 158 valence electrons. The number of amides is 1. The highest BCUT2D eigenvalue weighted by atomic mass is 16.5. The molecule has 1 N–H and O–H groups in total. The van der Waals surface area contributed by atoms with Crippen molar-refractivity contribution in [2.75, 3.05) is 51.7 Å². The molecule has 0 radical (unpaired) electrons. The van der Waals surface area contributed by atoms with Crippen LogP contribution < -0.4 is 24.4 Å². The zero-order chi connectivity index (χ0) is 21.7. The van der Waals surface area contributed by atoms with Crippen molar-refractivity contribution in [3.8, 4) is 17.2 Å². The summed E-state index contributed by atoms with van der Waals surface area (Å²) in [4.78, 5) is 26.4. The first-order chi connectivity index (χ1) is 14.5. The average Bonchev–Trinajstić information content (AvgIpc) is 2.80. The summed E-state index contributed by atoms with van der Waals surface area (Å²) in [7, 11) is 5.92. The summed E-state index contributed by atoms with van der Waals surface area (Å²) >= 11 is 0. The molecule has 0 fully saturated rings. The van der Waals surface area contributed by atoms with Crippen LogP contribution in [-0.4, -0.2) is 53.4 Å². The number of rotatable bonds is 6. The Morgan fingerprint density at radius 2 is 1.70 bits per heavy atom. The first kappa shape index (κ1) is 21.0. The monoisotopic (exact) mass is 412 g/mol. The van der Waals surface area contributed by atoms with Crippen LogP contribution in [0.3, 0.4) is 0 Å². The fourth-order valence-corrected chi connectivity index (χ4v) is 3.26. The molecule has 3 rings (SSSR count). The predicted molar refractivity (Wildman–Crippen MR) is 114 cm³/mol. The number of esters is 1. The smallest absolute Gasteiger partial charge is 0.337 e. The molecule has 0 unspecified atom stereocenters. The maximum Gasteiger partial charge on any atom is 0.337 e. The predicted octanol–water partition coefficient (Wildman–Crippen LogP) is 2.97. The van der Waals surface area contributed by atoms with Gasteiger partial charge in [-0.05, 0) is 42.0 Å². The molecule has 0 atom stereocenters. The van der Waals surface area contributed by atoms with E-state index < -0.39 is 5.97 Å². The average molecular weight is 412 g/mol. The van der Waals surface area contributed by atoms with E-state index in [2.05, 4.69) is 5.32 Å². The molecule has 1 aliphatic rings. The molecule has 0 bridgehead atoms. The molecule has 0 saturated carbocycles. The van der Waals surface area contributed by atoms with Crippen LogP contribution in [0.2, 0.25) is 0 Å². The zero-order valence-corrected chi connectivity index (χ0v) is 17.4. The third kappa shape index (κ3) is 4.17. The Balaban J connectivity index is 1.89. The van der Waals surface area contributed by atoms with Crippen molar-refractivity contribution < 1.29 is 28.5 Å². The van der Waals surface area contributed by atoms with E-state index >= 15 is 0 Å². The number of anilines is 2. The van der Waals surface area contributed by atoms with E-state index in [0.717, 1.165) is 11.3 Å². The van der Waals surface area contributed by atoms with Crippen molar-refractivity contribution in [3.63, 3.8) is 0 Å². The SMILES string of the molecule is COC(=O)c1ccc2c(c1)N(C(=O)C=Cc1cc(OC)c(OC)c(OC)c1)CCN2. The van der Waals surface area contributed by atoms with Crippen LogP contribution in [0.25, 0.3) is 6.08 Å². The van der Waals surface area contributed by atoms with E-state index in [9.17, 15) is 9.59 Å². The third-order valence-electron chi connectivity index (χ3n) is 4.73. The van der Waals surface area contributed by atoms with Crippen molar-refractivity contribution in [1.29, 1.82) is 0 Å². The van der Waals surface area contributed by atoms with E-state index in [4.69, 9.17) is 18.9 Å². The number of ether oxygens (including phenoxy) is 4. The largest absolute Gasteiger partial charge is 0.493 e. The number of benzene rings is 2. The number of hydrogen-bond acceptors (Lipinski definition) is 7. The van der Waals surface area contributed by atoms with Gasteiger partial charge in [0.05, 0.1) is 45.4 Å². The Kier molecular flexibility index (Phi) is 6.46. The third-order valence-corrected chi connectivity index (χ3v) is 4.73. The van der Waals surface area contributed by atoms with Gasteiger partial charge in [0.15, 0.2) is 11.5 Å².